The van der Waals surface area contributed by atoms with Crippen LogP contribution in [0.1, 0.15) is 22.4 Å². The zero-order valence-corrected chi connectivity index (χ0v) is 14.3. The molecule has 1 amide bonds. The van der Waals surface area contributed by atoms with Crippen molar-refractivity contribution in [3.8, 4) is 6.07 Å². The van der Waals surface area contributed by atoms with Gasteiger partial charge in [0.15, 0.2) is 0 Å². The summed E-state index contributed by atoms with van der Waals surface area (Å²) in [7, 11) is 0. The van der Waals surface area contributed by atoms with Crippen LogP contribution in [0, 0.1) is 25.2 Å². The molecular weight excluding hydrogens is 310 g/mol. The van der Waals surface area contributed by atoms with Crippen molar-refractivity contribution in [2.45, 2.75) is 20.4 Å². The van der Waals surface area contributed by atoms with Crippen molar-refractivity contribution < 1.29 is 4.79 Å². The Labute approximate surface area is 146 Å². The fraction of sp³-hybridized carbons (Fsp3) is 0.143. The maximum Gasteiger partial charge on any atom is 0.262 e. The van der Waals surface area contributed by atoms with E-state index in [1.807, 2.05) is 68.4 Å². The highest BCUT2D eigenvalue weighted by Crippen LogP contribution is 2.24. The summed E-state index contributed by atoms with van der Waals surface area (Å²) < 4.78 is 0. The highest BCUT2D eigenvalue weighted by atomic mass is 16.1. The lowest BCUT2D eigenvalue weighted by molar-refractivity contribution is -0.117. The predicted octanol–water partition coefficient (Wildman–Crippen LogP) is 4.01. The van der Waals surface area contributed by atoms with E-state index in [-0.39, 0.29) is 11.5 Å². The number of fused-ring (bicyclic) bond motifs is 1. The number of para-hydroxylation sites is 1. The summed E-state index contributed by atoms with van der Waals surface area (Å²) in [6.07, 6.45) is 1.65. The van der Waals surface area contributed by atoms with Crippen LogP contribution in [-0.2, 0) is 11.3 Å². The number of nitrogens with zero attached hydrogens (tertiary/aromatic N) is 1. The monoisotopic (exact) mass is 329 g/mol. The number of aryl methyl sites for hydroxylation is 2. The highest BCUT2D eigenvalue weighted by Gasteiger charge is 2.12. The number of carbonyl (C=O) groups excluding carboxylic acids is 1. The van der Waals surface area contributed by atoms with Crippen molar-refractivity contribution in [3.05, 3.63) is 76.5 Å². The lowest BCUT2D eigenvalue weighted by Crippen LogP contribution is -2.23. The molecule has 0 radical (unpaired) electrons. The average molecular weight is 329 g/mol. The molecule has 0 atom stereocenters. The van der Waals surface area contributed by atoms with E-state index in [1.54, 1.807) is 6.08 Å². The molecule has 0 fully saturated rings. The first-order valence-corrected chi connectivity index (χ1v) is 8.11. The largest absolute Gasteiger partial charge is 0.358 e. The van der Waals surface area contributed by atoms with E-state index in [1.165, 1.54) is 5.56 Å². The van der Waals surface area contributed by atoms with Crippen molar-refractivity contribution in [1.29, 1.82) is 5.26 Å². The molecular formula is C21H19N3O. The Bertz CT molecular complexity index is 988. The standard InChI is InChI=1S/C21H19N3O/c1-14-7-9-16(10-8-14)13-23-21(25)17(12-22)11-19-15(2)24-20-6-4-3-5-18(19)20/h3-11,24H,13H2,1-2H3,(H,23,25). The molecule has 1 heterocycles. The molecule has 1 aromatic heterocycles. The minimum absolute atomic E-state index is 0.0972. The second kappa shape index (κ2) is 7.06. The zero-order valence-electron chi connectivity index (χ0n) is 14.3. The van der Waals surface area contributed by atoms with Gasteiger partial charge in [0, 0.05) is 28.7 Å². The van der Waals surface area contributed by atoms with E-state index in [4.69, 9.17) is 0 Å². The number of nitrogens with one attached hydrogen (secondary N) is 2. The van der Waals surface area contributed by atoms with Crippen molar-refractivity contribution >= 4 is 22.9 Å². The first-order chi connectivity index (χ1) is 12.1. The van der Waals surface area contributed by atoms with Crippen molar-refractivity contribution in [2.24, 2.45) is 0 Å². The molecule has 0 saturated heterocycles. The fourth-order valence-electron chi connectivity index (χ4n) is 2.76. The maximum absolute atomic E-state index is 12.4. The third-order valence-electron chi connectivity index (χ3n) is 4.17. The number of rotatable bonds is 4. The lowest BCUT2D eigenvalue weighted by atomic mass is 10.1. The molecule has 0 spiro atoms. The van der Waals surface area contributed by atoms with E-state index in [9.17, 15) is 10.1 Å². The molecule has 4 nitrogen and oxygen atoms in total. The second-order valence-electron chi connectivity index (χ2n) is 6.05. The first-order valence-electron chi connectivity index (χ1n) is 8.11. The van der Waals surface area contributed by atoms with Gasteiger partial charge in [-0.25, -0.2) is 0 Å². The number of amides is 1. The van der Waals surface area contributed by atoms with Gasteiger partial charge in [0.1, 0.15) is 11.6 Å². The third-order valence-corrected chi connectivity index (χ3v) is 4.17. The Kier molecular flexibility index (Phi) is 4.67. The summed E-state index contributed by atoms with van der Waals surface area (Å²) in [6.45, 7) is 4.35. The average Bonchev–Trinajstić information content (AvgIpc) is 2.94. The molecule has 0 aliphatic carbocycles. The smallest absolute Gasteiger partial charge is 0.262 e. The number of aromatic nitrogens is 1. The van der Waals surface area contributed by atoms with E-state index in [0.717, 1.165) is 27.7 Å². The molecule has 0 aliphatic heterocycles. The van der Waals surface area contributed by atoms with Gasteiger partial charge in [-0.1, -0.05) is 48.0 Å². The van der Waals surface area contributed by atoms with Gasteiger partial charge in [0.25, 0.3) is 5.91 Å². The summed E-state index contributed by atoms with van der Waals surface area (Å²) in [6, 6.07) is 17.8. The van der Waals surface area contributed by atoms with Crippen LogP contribution in [-0.4, -0.2) is 10.9 Å². The van der Waals surface area contributed by atoms with Gasteiger partial charge >= 0.3 is 0 Å². The summed E-state index contributed by atoms with van der Waals surface area (Å²) in [4.78, 5) is 15.6. The molecule has 25 heavy (non-hydrogen) atoms. The maximum atomic E-state index is 12.4. The number of hydrogen-bond donors (Lipinski definition) is 2. The predicted molar refractivity (Wildman–Crippen MR) is 99.7 cm³/mol. The van der Waals surface area contributed by atoms with E-state index in [0.29, 0.717) is 6.54 Å². The molecule has 2 aromatic carbocycles. The quantitative estimate of drug-likeness (QED) is 0.561. The van der Waals surface area contributed by atoms with Crippen LogP contribution in [0.2, 0.25) is 0 Å². The number of H-pyrrole nitrogens is 1. The fourth-order valence-corrected chi connectivity index (χ4v) is 2.76. The number of hydrogen-bond acceptors (Lipinski definition) is 2. The van der Waals surface area contributed by atoms with Crippen LogP contribution < -0.4 is 5.32 Å². The number of aromatic amines is 1. The number of nitriles is 1. The Morgan fingerprint density at radius 1 is 1.16 bits per heavy atom. The van der Waals surface area contributed by atoms with Crippen LogP contribution in [0.25, 0.3) is 17.0 Å². The molecule has 0 aliphatic rings. The molecule has 3 rings (SSSR count). The summed E-state index contributed by atoms with van der Waals surface area (Å²) in [5, 5.41) is 13.2. The van der Waals surface area contributed by atoms with Gasteiger partial charge in [-0.3, -0.25) is 4.79 Å². The first kappa shape index (κ1) is 16.5. The summed E-state index contributed by atoms with van der Waals surface area (Å²) >= 11 is 0. The molecule has 124 valence electrons. The lowest BCUT2D eigenvalue weighted by Gasteiger charge is -2.05. The van der Waals surface area contributed by atoms with Crippen molar-refractivity contribution in [1.82, 2.24) is 10.3 Å². The molecule has 0 saturated carbocycles. The van der Waals surface area contributed by atoms with Crippen molar-refractivity contribution in [3.63, 3.8) is 0 Å². The van der Waals surface area contributed by atoms with E-state index in [2.05, 4.69) is 10.3 Å². The van der Waals surface area contributed by atoms with E-state index >= 15 is 0 Å². The van der Waals surface area contributed by atoms with Gasteiger partial charge in [0.05, 0.1) is 0 Å². The molecule has 4 heteroatoms. The Morgan fingerprint density at radius 3 is 2.60 bits per heavy atom. The van der Waals surface area contributed by atoms with Gasteiger partial charge in [0.2, 0.25) is 0 Å². The minimum atomic E-state index is -0.368. The second-order valence-corrected chi connectivity index (χ2v) is 6.05. The topological polar surface area (TPSA) is 68.7 Å². The van der Waals surface area contributed by atoms with E-state index < -0.39 is 0 Å². The number of carbonyl (C=O) groups is 1. The Morgan fingerprint density at radius 2 is 1.88 bits per heavy atom. The Balaban J connectivity index is 1.82. The minimum Gasteiger partial charge on any atom is -0.358 e. The normalized spacial score (nSPS) is 11.3. The van der Waals surface area contributed by atoms with Gasteiger partial charge < -0.3 is 10.3 Å². The summed E-state index contributed by atoms with van der Waals surface area (Å²) in [5.41, 5.74) is 5.06. The van der Waals surface area contributed by atoms with Crippen molar-refractivity contribution in [2.75, 3.05) is 0 Å². The van der Waals surface area contributed by atoms with Crippen LogP contribution >= 0.6 is 0 Å². The third kappa shape index (κ3) is 3.61. The van der Waals surface area contributed by atoms with Crippen LogP contribution in [0.5, 0.6) is 0 Å². The SMILES string of the molecule is Cc1ccc(CNC(=O)C(C#N)=Cc2c(C)[nH]c3ccccc23)cc1. The van der Waals surface area contributed by atoms with Gasteiger partial charge in [-0.2, -0.15) is 5.26 Å². The molecule has 3 aromatic rings. The van der Waals surface area contributed by atoms with Crippen LogP contribution in [0.4, 0.5) is 0 Å². The Hall–Kier alpha value is -3.32. The van der Waals surface area contributed by atoms with Gasteiger partial charge in [-0.05, 0) is 31.6 Å². The highest BCUT2D eigenvalue weighted by molar-refractivity contribution is 6.04. The molecule has 0 unspecified atom stereocenters. The van der Waals surface area contributed by atoms with Crippen LogP contribution in [0.15, 0.2) is 54.1 Å². The number of benzene rings is 2. The van der Waals surface area contributed by atoms with Crippen LogP contribution in [0.3, 0.4) is 0 Å². The van der Waals surface area contributed by atoms with Gasteiger partial charge in [-0.15, -0.1) is 0 Å². The molecule has 2 N–H and O–H groups in total. The molecule has 0 bridgehead atoms. The zero-order chi connectivity index (χ0) is 17.8. The summed E-state index contributed by atoms with van der Waals surface area (Å²) in [5.74, 6) is -0.368.